The maximum atomic E-state index is 15.1. The second kappa shape index (κ2) is 6.87. The molecule has 15 heteroatoms. The van der Waals surface area contributed by atoms with Crippen LogP contribution < -0.4 is 10.8 Å². The lowest BCUT2D eigenvalue weighted by Crippen LogP contribution is -2.42. The number of carboxylic acids is 1. The summed E-state index contributed by atoms with van der Waals surface area (Å²) in [4.78, 5) is 22.8. The van der Waals surface area contributed by atoms with Gasteiger partial charge in [-0.15, -0.1) is 0 Å². The maximum absolute atomic E-state index is 15.1. The standard InChI is InChI=1S/C13H15ClFN6O6P/c1-4(12(22)23)20-28(24)25-2-5-8(27-28)6(15)11(26-5)21-3-17-7-9(16)18-13(14)19-10(7)21/h3-6,8,11H,2H2,1H3,(H,20,24)(H,22,23)(H2,16,18,19)/t4-,5?,6-,8+,11?,28?/m0/s1. The summed E-state index contributed by atoms with van der Waals surface area (Å²) in [5.74, 6) is -1.24. The fourth-order valence-electron chi connectivity index (χ4n) is 3.00. The largest absolute Gasteiger partial charge is 0.480 e. The lowest BCUT2D eigenvalue weighted by molar-refractivity contribution is -0.138. The number of fused-ring (bicyclic) bond motifs is 2. The van der Waals surface area contributed by atoms with Gasteiger partial charge in [-0.1, -0.05) is 0 Å². The van der Waals surface area contributed by atoms with Crippen LogP contribution in [0.4, 0.5) is 10.2 Å². The molecule has 3 unspecified atom stereocenters. The number of carboxylic acid groups (broad SMARTS) is 1. The van der Waals surface area contributed by atoms with Gasteiger partial charge in [-0.2, -0.15) is 9.97 Å². The number of nitrogens with two attached hydrogens (primary N) is 1. The van der Waals surface area contributed by atoms with Crippen LogP contribution in [-0.2, 0) is 23.1 Å². The Labute approximate surface area is 161 Å². The van der Waals surface area contributed by atoms with Gasteiger partial charge in [-0.25, -0.2) is 19.0 Å². The van der Waals surface area contributed by atoms with Crippen molar-refractivity contribution in [1.29, 1.82) is 0 Å². The molecule has 2 saturated heterocycles. The summed E-state index contributed by atoms with van der Waals surface area (Å²) in [7, 11) is -4.04. The monoisotopic (exact) mass is 436 g/mol. The van der Waals surface area contributed by atoms with Gasteiger partial charge in [0.2, 0.25) is 5.28 Å². The number of imidazole rings is 1. The van der Waals surface area contributed by atoms with Crippen LogP contribution >= 0.6 is 19.3 Å². The van der Waals surface area contributed by atoms with E-state index in [4.69, 9.17) is 36.2 Å². The van der Waals surface area contributed by atoms with Gasteiger partial charge in [0.1, 0.15) is 23.8 Å². The highest BCUT2D eigenvalue weighted by Gasteiger charge is 2.54. The summed E-state index contributed by atoms with van der Waals surface area (Å²) in [6.07, 6.45) is -3.87. The third-order valence-electron chi connectivity index (χ3n) is 4.35. The molecule has 0 aliphatic carbocycles. The number of halogens is 2. The molecule has 6 atom stereocenters. The van der Waals surface area contributed by atoms with E-state index in [9.17, 15) is 9.36 Å². The SMILES string of the molecule is C[C@H](NP1(=O)OCC2OC(n3cnc4c(N)nc(Cl)nc43)[C@@H](F)[C@@H]2O1)C(=O)O. The third-order valence-corrected chi connectivity index (χ3v) is 6.24. The summed E-state index contributed by atoms with van der Waals surface area (Å²) in [5.41, 5.74) is 6.12. The summed E-state index contributed by atoms with van der Waals surface area (Å²) < 4.78 is 45.0. The molecule has 0 spiro atoms. The van der Waals surface area contributed by atoms with E-state index in [1.165, 1.54) is 17.8 Å². The van der Waals surface area contributed by atoms with Crippen molar-refractivity contribution in [3.05, 3.63) is 11.6 Å². The van der Waals surface area contributed by atoms with Gasteiger partial charge < -0.3 is 15.6 Å². The minimum absolute atomic E-state index is 0.0236. The molecule has 152 valence electrons. The Balaban J connectivity index is 1.60. The number of nitrogens with zero attached hydrogens (tertiary/aromatic N) is 4. The summed E-state index contributed by atoms with van der Waals surface area (Å²) in [5, 5.41) is 11.0. The Bertz CT molecular complexity index is 992. The first-order chi connectivity index (χ1) is 13.2. The Hall–Kier alpha value is -1.89. The van der Waals surface area contributed by atoms with Crippen molar-refractivity contribution in [2.24, 2.45) is 0 Å². The maximum Gasteiger partial charge on any atom is 0.406 e. The van der Waals surface area contributed by atoms with Gasteiger partial charge in [0.25, 0.3) is 0 Å². The molecule has 0 bridgehead atoms. The first-order valence-corrected chi connectivity index (χ1v) is 9.99. The zero-order valence-electron chi connectivity index (χ0n) is 14.2. The minimum Gasteiger partial charge on any atom is -0.480 e. The predicted molar refractivity (Wildman–Crippen MR) is 92.2 cm³/mol. The van der Waals surface area contributed by atoms with Crippen LogP contribution in [0.5, 0.6) is 0 Å². The number of nitrogens with one attached hydrogen (secondary N) is 1. The number of hydrogen-bond acceptors (Lipinski definition) is 9. The number of anilines is 1. The van der Waals surface area contributed by atoms with Crippen molar-refractivity contribution in [2.75, 3.05) is 12.3 Å². The first kappa shape index (κ1) is 19.4. The molecule has 0 saturated carbocycles. The Kier molecular flexibility index (Phi) is 4.76. The van der Waals surface area contributed by atoms with E-state index < -0.39 is 44.4 Å². The molecule has 28 heavy (non-hydrogen) atoms. The van der Waals surface area contributed by atoms with Crippen LogP contribution in [0.25, 0.3) is 11.2 Å². The summed E-state index contributed by atoms with van der Waals surface area (Å²) in [6.45, 7) is 0.996. The number of aromatic nitrogens is 4. The van der Waals surface area contributed by atoms with Crippen LogP contribution in [0, 0.1) is 0 Å². The molecule has 0 aromatic carbocycles. The molecule has 2 aromatic rings. The highest BCUT2D eigenvalue weighted by atomic mass is 35.5. The average Bonchev–Trinajstić information content (AvgIpc) is 3.16. The van der Waals surface area contributed by atoms with Gasteiger partial charge >= 0.3 is 13.7 Å². The predicted octanol–water partition coefficient (Wildman–Crippen LogP) is 0.884. The van der Waals surface area contributed by atoms with Crippen molar-refractivity contribution in [3.8, 4) is 0 Å². The molecule has 4 rings (SSSR count). The second-order valence-electron chi connectivity index (χ2n) is 6.26. The molecule has 0 amide bonds. The molecule has 2 aliphatic heterocycles. The molecular weight excluding hydrogens is 422 g/mol. The van der Waals surface area contributed by atoms with Crippen molar-refractivity contribution in [3.63, 3.8) is 0 Å². The topological polar surface area (TPSA) is 164 Å². The average molecular weight is 437 g/mol. The quantitative estimate of drug-likeness (QED) is 0.460. The van der Waals surface area contributed by atoms with Crippen LogP contribution in [-0.4, -0.2) is 61.6 Å². The van der Waals surface area contributed by atoms with Crippen LogP contribution in [0.3, 0.4) is 0 Å². The van der Waals surface area contributed by atoms with Gasteiger partial charge in [-0.05, 0) is 18.5 Å². The Morgan fingerprint density at radius 2 is 2.32 bits per heavy atom. The van der Waals surface area contributed by atoms with Crippen molar-refractivity contribution in [2.45, 2.75) is 37.6 Å². The van der Waals surface area contributed by atoms with Crippen molar-refractivity contribution >= 4 is 42.3 Å². The van der Waals surface area contributed by atoms with Crippen molar-refractivity contribution < 1.29 is 32.6 Å². The number of carbonyl (C=O) groups is 1. The number of ether oxygens (including phenoxy) is 1. The molecule has 2 fully saturated rings. The van der Waals surface area contributed by atoms with E-state index in [0.29, 0.717) is 0 Å². The lowest BCUT2D eigenvalue weighted by atomic mass is 10.1. The molecule has 4 N–H and O–H groups in total. The van der Waals surface area contributed by atoms with E-state index in [1.807, 2.05) is 0 Å². The van der Waals surface area contributed by atoms with E-state index in [0.717, 1.165) is 0 Å². The molecule has 12 nitrogen and oxygen atoms in total. The summed E-state index contributed by atoms with van der Waals surface area (Å²) in [6, 6.07) is -1.22. The van der Waals surface area contributed by atoms with Crippen LogP contribution in [0.15, 0.2) is 6.33 Å². The normalized spacial score (nSPS) is 33.7. The van der Waals surface area contributed by atoms with Gasteiger partial charge in [0, 0.05) is 0 Å². The number of hydrogen-bond donors (Lipinski definition) is 3. The molecule has 2 aliphatic rings. The molecule has 2 aromatic heterocycles. The molecular formula is C13H15ClFN6O6P. The van der Waals surface area contributed by atoms with E-state index in [-0.39, 0.29) is 28.9 Å². The van der Waals surface area contributed by atoms with Crippen LogP contribution in [0.2, 0.25) is 5.28 Å². The fourth-order valence-corrected chi connectivity index (χ4v) is 4.87. The number of rotatable bonds is 4. The van der Waals surface area contributed by atoms with E-state index >= 15 is 4.39 Å². The number of alkyl halides is 1. The molecule has 0 radical (unpaired) electrons. The van der Waals surface area contributed by atoms with Gasteiger partial charge in [0.05, 0.1) is 12.9 Å². The number of nitrogen functional groups attached to an aromatic ring is 1. The van der Waals surface area contributed by atoms with E-state index in [2.05, 4.69) is 20.0 Å². The van der Waals surface area contributed by atoms with Crippen molar-refractivity contribution in [1.82, 2.24) is 24.6 Å². The van der Waals surface area contributed by atoms with Gasteiger partial charge in [-0.3, -0.25) is 18.4 Å². The third kappa shape index (κ3) is 3.23. The second-order valence-corrected chi connectivity index (χ2v) is 8.32. The van der Waals surface area contributed by atoms with Gasteiger partial charge in [0.15, 0.2) is 23.9 Å². The number of aliphatic carboxylic acids is 1. The Morgan fingerprint density at radius 3 is 3.04 bits per heavy atom. The highest BCUT2D eigenvalue weighted by molar-refractivity contribution is 7.51. The van der Waals surface area contributed by atoms with Crippen LogP contribution in [0.1, 0.15) is 13.2 Å². The lowest BCUT2D eigenvalue weighted by Gasteiger charge is -2.32. The Morgan fingerprint density at radius 1 is 1.57 bits per heavy atom. The highest BCUT2D eigenvalue weighted by Crippen LogP contribution is 2.53. The first-order valence-electron chi connectivity index (χ1n) is 8.07. The fraction of sp³-hybridized carbons (Fsp3) is 0.538. The van der Waals surface area contributed by atoms with E-state index in [1.54, 1.807) is 0 Å². The zero-order chi connectivity index (χ0) is 20.2. The zero-order valence-corrected chi connectivity index (χ0v) is 15.9. The smallest absolute Gasteiger partial charge is 0.406 e. The minimum atomic E-state index is -4.04. The molecule has 4 heterocycles. The summed E-state index contributed by atoms with van der Waals surface area (Å²) >= 11 is 5.81.